The summed E-state index contributed by atoms with van der Waals surface area (Å²) in [6.07, 6.45) is 0. The van der Waals surface area contributed by atoms with Gasteiger partial charge < -0.3 is 8.83 Å². The molecule has 0 radical (unpaired) electrons. The zero-order chi connectivity index (χ0) is 16.4. The number of anilines is 1. The van der Waals surface area contributed by atoms with Crippen molar-refractivity contribution in [3.05, 3.63) is 48.4 Å². The molecular formula is C15H15N3O4S. The highest BCUT2D eigenvalue weighted by Crippen LogP contribution is 2.26. The van der Waals surface area contributed by atoms with E-state index in [1.807, 2.05) is 13.8 Å². The minimum absolute atomic E-state index is 0.0779. The van der Waals surface area contributed by atoms with E-state index >= 15 is 0 Å². The first-order valence-electron chi connectivity index (χ1n) is 6.97. The molecule has 0 atom stereocenters. The summed E-state index contributed by atoms with van der Waals surface area (Å²) in [4.78, 5) is 0. The maximum atomic E-state index is 12.3. The Kier molecular flexibility index (Phi) is 3.91. The molecule has 23 heavy (non-hydrogen) atoms. The van der Waals surface area contributed by atoms with E-state index in [1.54, 1.807) is 30.3 Å². The van der Waals surface area contributed by atoms with Crippen LogP contribution in [0.3, 0.4) is 0 Å². The molecule has 0 aliphatic rings. The molecule has 0 unspecified atom stereocenters. The van der Waals surface area contributed by atoms with E-state index in [1.165, 1.54) is 12.1 Å². The number of nitrogens with one attached hydrogen (secondary N) is 1. The van der Waals surface area contributed by atoms with E-state index in [2.05, 4.69) is 14.9 Å². The first-order chi connectivity index (χ1) is 11.0. The van der Waals surface area contributed by atoms with E-state index in [0.717, 1.165) is 0 Å². The molecule has 0 fully saturated rings. The monoisotopic (exact) mass is 333 g/mol. The predicted molar refractivity (Wildman–Crippen MR) is 83.3 cm³/mol. The van der Waals surface area contributed by atoms with Gasteiger partial charge in [-0.05, 0) is 24.3 Å². The maximum absolute atomic E-state index is 12.3. The molecule has 3 rings (SSSR count). The zero-order valence-corrected chi connectivity index (χ0v) is 13.4. The average Bonchev–Trinajstić information content (AvgIpc) is 3.17. The van der Waals surface area contributed by atoms with Crippen LogP contribution in [0.2, 0.25) is 0 Å². The number of furan rings is 1. The number of hydrogen-bond acceptors (Lipinski definition) is 6. The van der Waals surface area contributed by atoms with Crippen molar-refractivity contribution in [1.82, 2.24) is 10.2 Å². The highest BCUT2D eigenvalue weighted by atomic mass is 32.2. The molecule has 120 valence electrons. The van der Waals surface area contributed by atoms with Gasteiger partial charge >= 0.3 is 0 Å². The second kappa shape index (κ2) is 5.88. The highest BCUT2D eigenvalue weighted by molar-refractivity contribution is 7.92. The fourth-order valence-electron chi connectivity index (χ4n) is 1.86. The summed E-state index contributed by atoms with van der Waals surface area (Å²) >= 11 is 0. The minimum atomic E-state index is -3.82. The summed E-state index contributed by atoms with van der Waals surface area (Å²) in [6.45, 7) is 3.83. The lowest BCUT2D eigenvalue weighted by molar-refractivity contribution is 0.429. The third kappa shape index (κ3) is 3.26. The smallest absolute Gasteiger partial charge is 0.295 e. The van der Waals surface area contributed by atoms with Crippen molar-refractivity contribution in [3.8, 4) is 11.7 Å². The Hall–Kier alpha value is -2.61. The summed E-state index contributed by atoms with van der Waals surface area (Å²) in [5.41, 5.74) is 0.449. The second-order valence-corrected chi connectivity index (χ2v) is 6.80. The molecule has 2 aromatic heterocycles. The maximum Gasteiger partial charge on any atom is 0.295 e. The lowest BCUT2D eigenvalue weighted by Gasteiger charge is -2.04. The van der Waals surface area contributed by atoms with Gasteiger partial charge in [0.15, 0.2) is 5.76 Å². The van der Waals surface area contributed by atoms with Gasteiger partial charge in [0.2, 0.25) is 11.0 Å². The lowest BCUT2D eigenvalue weighted by atomic mass is 10.2. The van der Waals surface area contributed by atoms with Crippen LogP contribution in [-0.4, -0.2) is 18.6 Å². The van der Waals surface area contributed by atoms with Gasteiger partial charge in [-0.2, -0.15) is 8.42 Å². The van der Waals surface area contributed by atoms with E-state index in [-0.39, 0.29) is 22.7 Å². The molecule has 0 aliphatic carbocycles. The third-order valence-electron chi connectivity index (χ3n) is 3.02. The molecule has 0 aliphatic heterocycles. The molecule has 0 bridgehead atoms. The molecular weight excluding hydrogens is 318 g/mol. The van der Waals surface area contributed by atoms with Crippen molar-refractivity contribution >= 4 is 15.7 Å². The Labute approximate surface area is 133 Å². The summed E-state index contributed by atoms with van der Waals surface area (Å²) in [5.74, 6) is 0.894. The van der Waals surface area contributed by atoms with Gasteiger partial charge in [-0.25, -0.2) is 0 Å². The standard InChI is InChI=1S/C15H15N3O4S/c1-10(2)14-16-17-15(22-14)12-8-9-13(21-12)23(19,20)18-11-6-4-3-5-7-11/h3-10,18H,1-2H3. The molecule has 1 N–H and O–H groups in total. The Bertz CT molecular complexity index is 898. The largest absolute Gasteiger partial charge is 0.438 e. The first kappa shape index (κ1) is 15.3. The molecule has 0 saturated carbocycles. The molecule has 7 nitrogen and oxygen atoms in total. The molecule has 0 saturated heterocycles. The van der Waals surface area contributed by atoms with Gasteiger partial charge in [0.25, 0.3) is 15.9 Å². The number of benzene rings is 1. The van der Waals surface area contributed by atoms with Crippen molar-refractivity contribution < 1.29 is 17.3 Å². The number of para-hydroxylation sites is 1. The number of rotatable bonds is 5. The van der Waals surface area contributed by atoms with E-state index in [9.17, 15) is 8.42 Å². The van der Waals surface area contributed by atoms with Crippen LogP contribution in [0.4, 0.5) is 5.69 Å². The summed E-state index contributed by atoms with van der Waals surface area (Å²) in [5, 5.41) is 7.53. The fourth-order valence-corrected chi connectivity index (χ4v) is 2.85. The van der Waals surface area contributed by atoms with Gasteiger partial charge in [-0.3, -0.25) is 4.72 Å². The van der Waals surface area contributed by atoms with Crippen molar-refractivity contribution in [2.75, 3.05) is 4.72 Å². The van der Waals surface area contributed by atoms with Crippen LogP contribution < -0.4 is 4.72 Å². The minimum Gasteiger partial charge on any atom is -0.438 e. The lowest BCUT2D eigenvalue weighted by Crippen LogP contribution is -2.11. The van der Waals surface area contributed by atoms with E-state index in [0.29, 0.717) is 11.6 Å². The number of nitrogens with zero attached hydrogens (tertiary/aromatic N) is 2. The van der Waals surface area contributed by atoms with Crippen molar-refractivity contribution in [1.29, 1.82) is 0 Å². The van der Waals surface area contributed by atoms with Gasteiger partial charge in [-0.1, -0.05) is 32.0 Å². The summed E-state index contributed by atoms with van der Waals surface area (Å²) in [7, 11) is -3.82. The first-order valence-corrected chi connectivity index (χ1v) is 8.45. The van der Waals surface area contributed by atoms with Gasteiger partial charge in [0, 0.05) is 11.6 Å². The molecule has 0 amide bonds. The SMILES string of the molecule is CC(C)c1nnc(-c2ccc(S(=O)(=O)Nc3ccccc3)o2)o1. The summed E-state index contributed by atoms with van der Waals surface area (Å²) < 4.78 is 37.8. The number of sulfonamides is 1. The van der Waals surface area contributed by atoms with Crippen LogP contribution in [0.15, 0.2) is 56.4 Å². The van der Waals surface area contributed by atoms with Gasteiger partial charge in [0.1, 0.15) is 0 Å². The quantitative estimate of drug-likeness (QED) is 0.769. The average molecular weight is 333 g/mol. The number of hydrogen-bond donors (Lipinski definition) is 1. The molecule has 3 aromatic rings. The third-order valence-corrected chi connectivity index (χ3v) is 4.27. The van der Waals surface area contributed by atoms with Crippen LogP contribution in [-0.2, 0) is 10.0 Å². The molecule has 8 heteroatoms. The van der Waals surface area contributed by atoms with Crippen LogP contribution in [0, 0.1) is 0 Å². The second-order valence-electron chi connectivity index (χ2n) is 5.19. The van der Waals surface area contributed by atoms with Crippen LogP contribution in [0.1, 0.15) is 25.7 Å². The molecule has 1 aromatic carbocycles. The fraction of sp³-hybridized carbons (Fsp3) is 0.200. The summed E-state index contributed by atoms with van der Waals surface area (Å²) in [6, 6.07) is 11.4. The van der Waals surface area contributed by atoms with Crippen molar-refractivity contribution in [2.45, 2.75) is 24.9 Å². The Morgan fingerprint density at radius 1 is 1.00 bits per heavy atom. The van der Waals surface area contributed by atoms with Crippen LogP contribution >= 0.6 is 0 Å². The van der Waals surface area contributed by atoms with Gasteiger partial charge in [0.05, 0.1) is 0 Å². The Balaban J connectivity index is 1.85. The van der Waals surface area contributed by atoms with E-state index < -0.39 is 10.0 Å². The van der Waals surface area contributed by atoms with Crippen molar-refractivity contribution in [2.24, 2.45) is 0 Å². The van der Waals surface area contributed by atoms with Crippen LogP contribution in [0.5, 0.6) is 0 Å². The molecule has 2 heterocycles. The van der Waals surface area contributed by atoms with Crippen LogP contribution in [0.25, 0.3) is 11.7 Å². The number of aromatic nitrogens is 2. The normalized spacial score (nSPS) is 11.8. The predicted octanol–water partition coefficient (Wildman–Crippen LogP) is 3.25. The zero-order valence-electron chi connectivity index (χ0n) is 12.6. The Morgan fingerprint density at radius 3 is 2.39 bits per heavy atom. The topological polar surface area (TPSA) is 98.2 Å². The van der Waals surface area contributed by atoms with E-state index in [4.69, 9.17) is 8.83 Å². The Morgan fingerprint density at radius 2 is 1.74 bits per heavy atom. The molecule has 0 spiro atoms. The van der Waals surface area contributed by atoms with Gasteiger partial charge in [-0.15, -0.1) is 10.2 Å². The van der Waals surface area contributed by atoms with Crippen molar-refractivity contribution in [3.63, 3.8) is 0 Å². The highest BCUT2D eigenvalue weighted by Gasteiger charge is 2.22.